The molecule has 0 amide bonds. The minimum absolute atomic E-state index is 0.178. The first-order valence-corrected chi connectivity index (χ1v) is 5.53. The van der Waals surface area contributed by atoms with Crippen LogP contribution in [0, 0.1) is 11.6 Å². The average Bonchev–Trinajstić information content (AvgIpc) is 2.76. The molecule has 1 aliphatic rings. The molecule has 1 aromatic rings. The van der Waals surface area contributed by atoms with E-state index in [0.717, 1.165) is 37.8 Å². The fraction of sp³-hybridized carbons (Fsp3) is 0.417. The lowest BCUT2D eigenvalue weighted by Gasteiger charge is -2.12. The molecule has 17 heavy (non-hydrogen) atoms. The number of carbonyl (C=O) groups is 1. The van der Waals surface area contributed by atoms with E-state index in [1.165, 1.54) is 0 Å². The quantitative estimate of drug-likeness (QED) is 0.639. The fourth-order valence-electron chi connectivity index (χ4n) is 1.94. The lowest BCUT2D eigenvalue weighted by atomic mass is 10.2. The number of nitrogens with two attached hydrogens (primary N) is 1. The molecule has 0 aromatic heterocycles. The summed E-state index contributed by atoms with van der Waals surface area (Å²) in [5, 5.41) is 0. The van der Waals surface area contributed by atoms with Crippen LogP contribution in [0.25, 0.3) is 0 Å². The van der Waals surface area contributed by atoms with Crippen molar-refractivity contribution in [2.24, 2.45) is 0 Å². The molecule has 0 unspecified atom stereocenters. The molecule has 92 valence electrons. The van der Waals surface area contributed by atoms with Crippen LogP contribution < -0.4 is 5.73 Å². The zero-order chi connectivity index (χ0) is 12.4. The van der Waals surface area contributed by atoms with Gasteiger partial charge < -0.3 is 10.5 Å². The molecular weight excluding hydrogens is 228 g/mol. The van der Waals surface area contributed by atoms with E-state index in [4.69, 9.17) is 10.5 Å². The molecule has 0 saturated heterocycles. The average molecular weight is 241 g/mol. The Bertz CT molecular complexity index is 442. The van der Waals surface area contributed by atoms with Gasteiger partial charge in [-0.25, -0.2) is 13.6 Å². The second-order valence-corrected chi connectivity index (χ2v) is 4.17. The highest BCUT2D eigenvalue weighted by Crippen LogP contribution is 2.23. The third-order valence-electron chi connectivity index (χ3n) is 2.88. The number of carbonyl (C=O) groups excluding carboxylic acids is 1. The van der Waals surface area contributed by atoms with E-state index in [9.17, 15) is 13.6 Å². The van der Waals surface area contributed by atoms with Crippen LogP contribution in [0.2, 0.25) is 0 Å². The Morgan fingerprint density at radius 1 is 1.24 bits per heavy atom. The Morgan fingerprint density at radius 2 is 1.88 bits per heavy atom. The van der Waals surface area contributed by atoms with Crippen LogP contribution in [0.5, 0.6) is 0 Å². The van der Waals surface area contributed by atoms with Crippen molar-refractivity contribution in [3.05, 3.63) is 29.3 Å². The zero-order valence-corrected chi connectivity index (χ0v) is 9.21. The van der Waals surface area contributed by atoms with Gasteiger partial charge in [0.1, 0.15) is 17.7 Å². The summed E-state index contributed by atoms with van der Waals surface area (Å²) in [4.78, 5) is 11.6. The maximum atomic E-state index is 13.4. The minimum atomic E-state index is -0.855. The first kappa shape index (κ1) is 11.8. The minimum Gasteiger partial charge on any atom is -0.459 e. The molecule has 2 N–H and O–H groups in total. The van der Waals surface area contributed by atoms with Gasteiger partial charge in [-0.2, -0.15) is 0 Å². The third-order valence-corrected chi connectivity index (χ3v) is 2.88. The molecule has 0 aliphatic heterocycles. The van der Waals surface area contributed by atoms with Crippen molar-refractivity contribution in [2.75, 3.05) is 5.73 Å². The van der Waals surface area contributed by atoms with Gasteiger partial charge in [0.2, 0.25) is 0 Å². The second kappa shape index (κ2) is 4.69. The van der Waals surface area contributed by atoms with E-state index < -0.39 is 23.2 Å². The van der Waals surface area contributed by atoms with Crippen LogP contribution in [-0.2, 0) is 4.74 Å². The number of nitrogen functional groups attached to an aromatic ring is 1. The first-order valence-electron chi connectivity index (χ1n) is 5.53. The molecular formula is C12H13F2NO2. The van der Waals surface area contributed by atoms with E-state index in [1.807, 2.05) is 0 Å². The van der Waals surface area contributed by atoms with Crippen molar-refractivity contribution in [1.29, 1.82) is 0 Å². The highest BCUT2D eigenvalue weighted by molar-refractivity contribution is 5.90. The van der Waals surface area contributed by atoms with Crippen LogP contribution >= 0.6 is 0 Å². The van der Waals surface area contributed by atoms with Gasteiger partial charge >= 0.3 is 5.97 Å². The number of esters is 1. The van der Waals surface area contributed by atoms with Gasteiger partial charge in [0, 0.05) is 6.07 Å². The highest BCUT2D eigenvalue weighted by Gasteiger charge is 2.23. The van der Waals surface area contributed by atoms with Crippen molar-refractivity contribution in [3.8, 4) is 0 Å². The molecule has 1 aliphatic carbocycles. The summed E-state index contributed by atoms with van der Waals surface area (Å²) in [6, 6.07) is 1.57. The topological polar surface area (TPSA) is 52.3 Å². The van der Waals surface area contributed by atoms with Gasteiger partial charge in [-0.1, -0.05) is 0 Å². The fourth-order valence-corrected chi connectivity index (χ4v) is 1.94. The Morgan fingerprint density at radius 3 is 2.53 bits per heavy atom. The maximum Gasteiger partial charge on any atom is 0.341 e. The molecule has 0 atom stereocenters. The van der Waals surface area contributed by atoms with Crippen LogP contribution in [0.4, 0.5) is 14.5 Å². The molecule has 2 rings (SSSR count). The van der Waals surface area contributed by atoms with Gasteiger partial charge in [-0.3, -0.25) is 0 Å². The van der Waals surface area contributed by atoms with Gasteiger partial charge in [-0.15, -0.1) is 0 Å². The van der Waals surface area contributed by atoms with Crippen LogP contribution in [0.1, 0.15) is 36.0 Å². The molecule has 3 nitrogen and oxygen atoms in total. The van der Waals surface area contributed by atoms with Gasteiger partial charge in [-0.05, 0) is 31.7 Å². The van der Waals surface area contributed by atoms with Crippen LogP contribution in [0.15, 0.2) is 12.1 Å². The van der Waals surface area contributed by atoms with E-state index in [0.29, 0.717) is 0 Å². The molecule has 0 spiro atoms. The van der Waals surface area contributed by atoms with E-state index in [-0.39, 0.29) is 11.8 Å². The third kappa shape index (κ3) is 2.54. The summed E-state index contributed by atoms with van der Waals surface area (Å²) < 4.78 is 31.6. The Balaban J connectivity index is 2.15. The summed E-state index contributed by atoms with van der Waals surface area (Å²) in [5.41, 5.74) is 4.47. The largest absolute Gasteiger partial charge is 0.459 e. The van der Waals surface area contributed by atoms with Crippen molar-refractivity contribution >= 4 is 11.7 Å². The highest BCUT2D eigenvalue weighted by atomic mass is 19.1. The molecule has 0 heterocycles. The molecule has 1 fully saturated rings. The van der Waals surface area contributed by atoms with Crippen molar-refractivity contribution in [3.63, 3.8) is 0 Å². The SMILES string of the molecule is Nc1cc(F)c(C(=O)OC2CCCC2)cc1F. The number of benzene rings is 1. The molecule has 5 heteroatoms. The van der Waals surface area contributed by atoms with E-state index in [1.54, 1.807) is 0 Å². The van der Waals surface area contributed by atoms with E-state index in [2.05, 4.69) is 0 Å². The molecule has 0 bridgehead atoms. The number of ether oxygens (including phenoxy) is 1. The number of hydrogen-bond donors (Lipinski definition) is 1. The summed E-state index contributed by atoms with van der Waals surface area (Å²) in [7, 11) is 0. The monoisotopic (exact) mass is 241 g/mol. The van der Waals surface area contributed by atoms with Crippen LogP contribution in [0.3, 0.4) is 0 Å². The number of hydrogen-bond acceptors (Lipinski definition) is 3. The lowest BCUT2D eigenvalue weighted by molar-refractivity contribution is 0.0312. The Kier molecular flexibility index (Phi) is 3.26. The Labute approximate surface area is 97.6 Å². The summed E-state index contributed by atoms with van der Waals surface area (Å²) in [5.74, 6) is -2.50. The van der Waals surface area contributed by atoms with Crippen molar-refractivity contribution in [2.45, 2.75) is 31.8 Å². The summed E-state index contributed by atoms with van der Waals surface area (Å²) in [6.45, 7) is 0. The number of anilines is 1. The Hall–Kier alpha value is -1.65. The predicted molar refractivity (Wildman–Crippen MR) is 58.4 cm³/mol. The standard InChI is InChI=1S/C12H13F2NO2/c13-9-6-11(15)10(14)5-8(9)12(16)17-7-3-1-2-4-7/h5-7H,1-4,15H2. The maximum absolute atomic E-state index is 13.4. The molecule has 1 saturated carbocycles. The van der Waals surface area contributed by atoms with Crippen LogP contribution in [-0.4, -0.2) is 12.1 Å². The van der Waals surface area contributed by atoms with E-state index >= 15 is 0 Å². The first-order chi connectivity index (χ1) is 8.08. The smallest absolute Gasteiger partial charge is 0.341 e. The number of halogens is 2. The summed E-state index contributed by atoms with van der Waals surface area (Å²) in [6.07, 6.45) is 3.38. The zero-order valence-electron chi connectivity index (χ0n) is 9.21. The predicted octanol–water partition coefficient (Wildman–Crippen LogP) is 2.65. The second-order valence-electron chi connectivity index (χ2n) is 4.17. The molecule has 1 aromatic carbocycles. The van der Waals surface area contributed by atoms with Gasteiger partial charge in [0.15, 0.2) is 0 Å². The van der Waals surface area contributed by atoms with Gasteiger partial charge in [0.25, 0.3) is 0 Å². The van der Waals surface area contributed by atoms with Gasteiger partial charge in [0.05, 0.1) is 11.3 Å². The normalized spacial score (nSPS) is 16.1. The lowest BCUT2D eigenvalue weighted by Crippen LogP contribution is -2.16. The number of rotatable bonds is 2. The summed E-state index contributed by atoms with van der Waals surface area (Å²) >= 11 is 0. The molecule has 0 radical (unpaired) electrons. The van der Waals surface area contributed by atoms with Crippen molar-refractivity contribution in [1.82, 2.24) is 0 Å². The van der Waals surface area contributed by atoms with Crippen molar-refractivity contribution < 1.29 is 18.3 Å².